The van der Waals surface area contributed by atoms with Crippen LogP contribution in [0.5, 0.6) is 0 Å². The molecule has 0 aromatic heterocycles. The summed E-state index contributed by atoms with van der Waals surface area (Å²) in [7, 11) is 4.55. The normalized spacial score (nSPS) is 46.6. The highest BCUT2D eigenvalue weighted by molar-refractivity contribution is 5.04. The van der Waals surface area contributed by atoms with E-state index in [-0.39, 0.29) is 0 Å². The van der Waals surface area contributed by atoms with Gasteiger partial charge in [0.15, 0.2) is 0 Å². The van der Waals surface area contributed by atoms with Crippen molar-refractivity contribution in [3.05, 3.63) is 0 Å². The Morgan fingerprint density at radius 1 is 0.947 bits per heavy atom. The van der Waals surface area contributed by atoms with Crippen molar-refractivity contribution in [3.63, 3.8) is 0 Å². The van der Waals surface area contributed by atoms with Gasteiger partial charge in [-0.1, -0.05) is 0 Å². The Labute approximate surface area is 118 Å². The van der Waals surface area contributed by atoms with Crippen LogP contribution < -0.4 is 5.32 Å². The lowest BCUT2D eigenvalue weighted by atomic mass is 9.54. The number of nitrogens with zero attached hydrogens (tertiary/aromatic N) is 1. The molecule has 5 aliphatic carbocycles. The third-order valence-electron chi connectivity index (χ3n) is 7.13. The lowest BCUT2D eigenvalue weighted by Crippen LogP contribution is -2.61. The van der Waals surface area contributed by atoms with Crippen LogP contribution in [0.1, 0.15) is 51.4 Å². The van der Waals surface area contributed by atoms with Gasteiger partial charge in [-0.15, -0.1) is 0 Å². The largest absolute Gasteiger partial charge is 0.312 e. The molecular formula is C17H30N2. The second-order valence-corrected chi connectivity index (χ2v) is 8.31. The maximum Gasteiger partial charge on any atom is 0.0328 e. The van der Waals surface area contributed by atoms with Crippen LogP contribution in [-0.2, 0) is 0 Å². The molecule has 0 heterocycles. The first-order valence-electron chi connectivity index (χ1n) is 8.57. The molecule has 0 unspecified atom stereocenters. The standard InChI is InChI=1S/C17H30N2/c1-19(2)17(4-3-5-17)11-18-16-14-7-12-6-13(9-14)10-15(16)8-12/h12-16,18H,3-11H2,1-2H3. The van der Waals surface area contributed by atoms with Gasteiger partial charge in [0.1, 0.15) is 0 Å². The fraction of sp³-hybridized carbons (Fsp3) is 1.00. The fourth-order valence-electron chi connectivity index (χ4n) is 5.93. The number of hydrogen-bond acceptors (Lipinski definition) is 2. The minimum absolute atomic E-state index is 0.495. The summed E-state index contributed by atoms with van der Waals surface area (Å²) >= 11 is 0. The van der Waals surface area contributed by atoms with Crippen molar-refractivity contribution in [1.29, 1.82) is 0 Å². The van der Waals surface area contributed by atoms with Gasteiger partial charge in [0.05, 0.1) is 0 Å². The Kier molecular flexibility index (Phi) is 2.97. The van der Waals surface area contributed by atoms with Gasteiger partial charge in [-0.05, 0) is 89.1 Å². The van der Waals surface area contributed by atoms with E-state index in [0.717, 1.165) is 29.7 Å². The molecule has 0 aromatic rings. The molecule has 0 radical (unpaired) electrons. The molecule has 5 rings (SSSR count). The summed E-state index contributed by atoms with van der Waals surface area (Å²) < 4.78 is 0. The molecule has 0 aliphatic heterocycles. The van der Waals surface area contributed by atoms with Crippen LogP contribution in [0.4, 0.5) is 0 Å². The Hall–Kier alpha value is -0.0800. The van der Waals surface area contributed by atoms with E-state index in [1.165, 1.54) is 25.8 Å². The van der Waals surface area contributed by atoms with Crippen molar-refractivity contribution in [2.45, 2.75) is 62.9 Å². The van der Waals surface area contributed by atoms with Gasteiger partial charge in [0.2, 0.25) is 0 Å². The summed E-state index contributed by atoms with van der Waals surface area (Å²) in [4.78, 5) is 2.49. The first-order valence-corrected chi connectivity index (χ1v) is 8.57. The fourth-order valence-corrected chi connectivity index (χ4v) is 5.93. The number of likely N-dealkylation sites (N-methyl/N-ethyl adjacent to an activating group) is 1. The van der Waals surface area contributed by atoms with Crippen LogP contribution >= 0.6 is 0 Å². The quantitative estimate of drug-likeness (QED) is 0.838. The maximum absolute atomic E-state index is 4.05. The number of hydrogen-bond donors (Lipinski definition) is 1. The molecule has 0 atom stereocenters. The van der Waals surface area contributed by atoms with Crippen LogP contribution in [0.15, 0.2) is 0 Å². The summed E-state index contributed by atoms with van der Waals surface area (Å²) in [5, 5.41) is 4.05. The van der Waals surface area contributed by atoms with Crippen molar-refractivity contribution in [3.8, 4) is 0 Å². The highest BCUT2D eigenvalue weighted by Crippen LogP contribution is 2.53. The Balaban J connectivity index is 1.41. The summed E-state index contributed by atoms with van der Waals surface area (Å²) in [6.45, 7) is 1.24. The van der Waals surface area contributed by atoms with Crippen molar-refractivity contribution < 1.29 is 0 Å². The highest BCUT2D eigenvalue weighted by Gasteiger charge is 2.49. The minimum Gasteiger partial charge on any atom is -0.312 e. The van der Waals surface area contributed by atoms with Gasteiger partial charge < -0.3 is 10.2 Å². The van der Waals surface area contributed by atoms with E-state index in [1.54, 1.807) is 32.1 Å². The molecule has 1 N–H and O–H groups in total. The molecule has 0 aromatic carbocycles. The zero-order valence-corrected chi connectivity index (χ0v) is 12.7. The van der Waals surface area contributed by atoms with E-state index in [4.69, 9.17) is 0 Å². The van der Waals surface area contributed by atoms with E-state index in [0.29, 0.717) is 5.54 Å². The summed E-state index contributed by atoms with van der Waals surface area (Å²) in [5.41, 5.74) is 0.495. The third kappa shape index (κ3) is 1.98. The molecule has 108 valence electrons. The van der Waals surface area contributed by atoms with Crippen LogP contribution in [-0.4, -0.2) is 37.1 Å². The average molecular weight is 262 g/mol. The third-order valence-corrected chi connectivity index (χ3v) is 7.13. The number of nitrogens with one attached hydrogen (secondary N) is 1. The van der Waals surface area contributed by atoms with Crippen LogP contribution in [0.3, 0.4) is 0 Å². The van der Waals surface area contributed by atoms with Crippen LogP contribution in [0, 0.1) is 23.7 Å². The van der Waals surface area contributed by atoms with Gasteiger partial charge in [0, 0.05) is 18.1 Å². The summed E-state index contributed by atoms with van der Waals surface area (Å²) in [6.07, 6.45) is 12.0. The molecule has 19 heavy (non-hydrogen) atoms. The lowest BCUT2D eigenvalue weighted by molar-refractivity contribution is -0.0251. The second-order valence-electron chi connectivity index (χ2n) is 8.31. The van der Waals surface area contributed by atoms with Crippen molar-refractivity contribution in [2.75, 3.05) is 20.6 Å². The Bertz CT molecular complexity index is 317. The summed E-state index contributed by atoms with van der Waals surface area (Å²) in [6, 6.07) is 0.866. The topological polar surface area (TPSA) is 15.3 Å². The first-order chi connectivity index (χ1) is 9.16. The van der Waals surface area contributed by atoms with Crippen molar-refractivity contribution in [2.24, 2.45) is 23.7 Å². The average Bonchev–Trinajstić information content (AvgIpc) is 2.29. The van der Waals surface area contributed by atoms with Crippen molar-refractivity contribution >= 4 is 0 Å². The monoisotopic (exact) mass is 262 g/mol. The molecule has 0 spiro atoms. The second kappa shape index (κ2) is 4.46. The van der Waals surface area contributed by atoms with E-state index in [2.05, 4.69) is 24.3 Å². The van der Waals surface area contributed by atoms with E-state index in [9.17, 15) is 0 Å². The molecule has 4 bridgehead atoms. The Morgan fingerprint density at radius 2 is 1.53 bits per heavy atom. The van der Waals surface area contributed by atoms with Crippen LogP contribution in [0.2, 0.25) is 0 Å². The van der Waals surface area contributed by atoms with Crippen LogP contribution in [0.25, 0.3) is 0 Å². The smallest absolute Gasteiger partial charge is 0.0328 e. The van der Waals surface area contributed by atoms with E-state index >= 15 is 0 Å². The molecule has 2 nitrogen and oxygen atoms in total. The molecular weight excluding hydrogens is 232 g/mol. The van der Waals surface area contributed by atoms with E-state index < -0.39 is 0 Å². The SMILES string of the molecule is CN(C)C1(CNC2C3CC4CC(C3)CC2C4)CCC1. The molecule has 0 saturated heterocycles. The first kappa shape index (κ1) is 12.6. The zero-order valence-electron chi connectivity index (χ0n) is 12.7. The van der Waals surface area contributed by atoms with E-state index in [1.807, 2.05) is 0 Å². The predicted octanol–water partition coefficient (Wildman–Crippen LogP) is 2.89. The lowest BCUT2D eigenvalue weighted by Gasteiger charge is -2.56. The summed E-state index contributed by atoms with van der Waals surface area (Å²) in [5.74, 6) is 4.25. The van der Waals surface area contributed by atoms with Gasteiger partial charge in [-0.2, -0.15) is 0 Å². The minimum atomic E-state index is 0.495. The highest BCUT2D eigenvalue weighted by atomic mass is 15.2. The predicted molar refractivity (Wildman–Crippen MR) is 79.1 cm³/mol. The molecule has 2 heteroatoms. The maximum atomic E-state index is 4.05. The molecule has 0 amide bonds. The number of rotatable bonds is 4. The van der Waals surface area contributed by atoms with Gasteiger partial charge in [-0.25, -0.2) is 0 Å². The Morgan fingerprint density at radius 3 is 1.95 bits per heavy atom. The molecule has 5 saturated carbocycles. The van der Waals surface area contributed by atoms with Crippen molar-refractivity contribution in [1.82, 2.24) is 10.2 Å². The van der Waals surface area contributed by atoms with Gasteiger partial charge in [0.25, 0.3) is 0 Å². The zero-order chi connectivity index (χ0) is 13.0. The molecule has 5 aliphatic rings. The molecule has 5 fully saturated rings. The van der Waals surface area contributed by atoms with Gasteiger partial charge >= 0.3 is 0 Å². The van der Waals surface area contributed by atoms with Gasteiger partial charge in [-0.3, -0.25) is 0 Å².